The van der Waals surface area contributed by atoms with Gasteiger partial charge < -0.3 is 20.1 Å². The summed E-state index contributed by atoms with van der Waals surface area (Å²) in [7, 11) is 0. The number of nitrogens with one attached hydrogen (secondary N) is 2. The van der Waals surface area contributed by atoms with Crippen molar-refractivity contribution in [3.63, 3.8) is 0 Å². The third kappa shape index (κ3) is 5.57. The number of aryl methyl sites for hydroxylation is 2. The molecule has 2 amide bonds. The van der Waals surface area contributed by atoms with E-state index in [9.17, 15) is 9.59 Å². The Morgan fingerprint density at radius 2 is 2.04 bits per heavy atom. The molecule has 1 fully saturated rings. The van der Waals surface area contributed by atoms with Crippen molar-refractivity contribution in [3.05, 3.63) is 59.2 Å². The van der Waals surface area contributed by atoms with Gasteiger partial charge in [-0.25, -0.2) is 0 Å². The van der Waals surface area contributed by atoms with Gasteiger partial charge in [-0.3, -0.25) is 9.59 Å². The maximum atomic E-state index is 12.3. The predicted octanol–water partition coefficient (Wildman–Crippen LogP) is 3.23. The van der Waals surface area contributed by atoms with E-state index in [0.717, 1.165) is 30.6 Å². The lowest BCUT2D eigenvalue weighted by molar-refractivity contribution is -0.118. The molecule has 3 rings (SSSR count). The number of anilines is 1. The van der Waals surface area contributed by atoms with Crippen LogP contribution in [-0.4, -0.2) is 37.7 Å². The van der Waals surface area contributed by atoms with Crippen LogP contribution in [0.4, 0.5) is 5.69 Å². The van der Waals surface area contributed by atoms with Crippen LogP contribution in [-0.2, 0) is 9.53 Å². The molecule has 0 aliphatic carbocycles. The van der Waals surface area contributed by atoms with Gasteiger partial charge in [0, 0.05) is 24.4 Å². The summed E-state index contributed by atoms with van der Waals surface area (Å²) < 4.78 is 11.1. The lowest BCUT2D eigenvalue weighted by atomic mass is 10.1. The average Bonchev–Trinajstić information content (AvgIpc) is 3.20. The summed E-state index contributed by atoms with van der Waals surface area (Å²) in [6, 6.07) is 12.7. The van der Waals surface area contributed by atoms with E-state index in [1.165, 1.54) is 0 Å². The van der Waals surface area contributed by atoms with Crippen molar-refractivity contribution >= 4 is 17.5 Å². The molecule has 1 atom stereocenters. The van der Waals surface area contributed by atoms with Crippen molar-refractivity contribution in [1.29, 1.82) is 0 Å². The van der Waals surface area contributed by atoms with Crippen molar-refractivity contribution in [1.82, 2.24) is 5.32 Å². The molecular formula is C22H26N2O4. The van der Waals surface area contributed by atoms with Crippen LogP contribution >= 0.6 is 0 Å². The number of hydrogen-bond donors (Lipinski definition) is 2. The summed E-state index contributed by atoms with van der Waals surface area (Å²) in [5.74, 6) is 0.230. The van der Waals surface area contributed by atoms with Gasteiger partial charge in [0.05, 0.1) is 6.10 Å². The molecule has 6 heteroatoms. The van der Waals surface area contributed by atoms with Gasteiger partial charge in [-0.15, -0.1) is 0 Å². The maximum Gasteiger partial charge on any atom is 0.262 e. The zero-order valence-electron chi connectivity index (χ0n) is 16.3. The van der Waals surface area contributed by atoms with E-state index < -0.39 is 0 Å². The van der Waals surface area contributed by atoms with Gasteiger partial charge in [0.1, 0.15) is 5.75 Å². The van der Waals surface area contributed by atoms with Gasteiger partial charge in [0.15, 0.2) is 6.61 Å². The average molecular weight is 382 g/mol. The number of amides is 2. The molecule has 148 valence electrons. The number of hydrogen-bond acceptors (Lipinski definition) is 4. The van der Waals surface area contributed by atoms with Crippen molar-refractivity contribution in [3.8, 4) is 5.75 Å². The van der Waals surface area contributed by atoms with E-state index in [2.05, 4.69) is 10.6 Å². The highest BCUT2D eigenvalue weighted by Crippen LogP contribution is 2.19. The number of ether oxygens (including phenoxy) is 2. The Hall–Kier alpha value is -2.86. The molecule has 1 heterocycles. The van der Waals surface area contributed by atoms with E-state index in [1.807, 2.05) is 32.0 Å². The maximum absolute atomic E-state index is 12.3. The van der Waals surface area contributed by atoms with Gasteiger partial charge in [-0.2, -0.15) is 0 Å². The number of rotatable bonds is 7. The Balaban J connectivity index is 1.52. The summed E-state index contributed by atoms with van der Waals surface area (Å²) in [4.78, 5) is 24.5. The number of carbonyl (C=O) groups is 2. The Morgan fingerprint density at radius 3 is 2.82 bits per heavy atom. The van der Waals surface area contributed by atoms with E-state index in [0.29, 0.717) is 23.5 Å². The highest BCUT2D eigenvalue weighted by atomic mass is 16.5. The molecule has 28 heavy (non-hydrogen) atoms. The quantitative estimate of drug-likeness (QED) is 0.771. The largest absolute Gasteiger partial charge is 0.483 e. The van der Waals surface area contributed by atoms with Crippen LogP contribution in [0.15, 0.2) is 42.5 Å². The van der Waals surface area contributed by atoms with E-state index in [1.54, 1.807) is 24.3 Å². The SMILES string of the molecule is Cc1ccc(C)c(OCC(=O)Nc2cccc(C(=O)NCC3CCCO3)c2)c1. The van der Waals surface area contributed by atoms with Crippen molar-refractivity contribution in [2.24, 2.45) is 0 Å². The van der Waals surface area contributed by atoms with Crippen molar-refractivity contribution in [2.75, 3.05) is 25.1 Å². The normalized spacial score (nSPS) is 15.9. The lowest BCUT2D eigenvalue weighted by Gasteiger charge is -2.12. The first-order valence-corrected chi connectivity index (χ1v) is 9.51. The monoisotopic (exact) mass is 382 g/mol. The molecule has 0 bridgehead atoms. The summed E-state index contributed by atoms with van der Waals surface area (Å²) in [6.45, 7) is 5.07. The first-order chi connectivity index (χ1) is 13.5. The fraction of sp³-hybridized carbons (Fsp3) is 0.364. The summed E-state index contributed by atoms with van der Waals surface area (Å²) in [5.41, 5.74) is 3.09. The third-order valence-corrected chi connectivity index (χ3v) is 4.63. The number of carbonyl (C=O) groups excluding carboxylic acids is 2. The fourth-order valence-electron chi connectivity index (χ4n) is 3.06. The Bertz CT molecular complexity index is 844. The summed E-state index contributed by atoms with van der Waals surface area (Å²) in [5, 5.41) is 5.65. The van der Waals surface area contributed by atoms with Crippen LogP contribution in [0.1, 0.15) is 34.3 Å². The van der Waals surface area contributed by atoms with Gasteiger partial charge in [0.2, 0.25) is 0 Å². The van der Waals surface area contributed by atoms with Crippen LogP contribution in [0.5, 0.6) is 5.75 Å². The van der Waals surface area contributed by atoms with E-state index >= 15 is 0 Å². The van der Waals surface area contributed by atoms with Gasteiger partial charge in [-0.1, -0.05) is 18.2 Å². The first kappa shape index (κ1) is 19.9. The Kier molecular flexibility index (Phi) is 6.66. The standard InChI is InChI=1S/C22H26N2O4/c1-15-8-9-16(2)20(11-15)28-14-21(25)24-18-6-3-5-17(12-18)22(26)23-13-19-7-4-10-27-19/h3,5-6,8-9,11-12,19H,4,7,10,13-14H2,1-2H3,(H,23,26)(H,24,25). The molecule has 1 saturated heterocycles. The smallest absolute Gasteiger partial charge is 0.262 e. The molecule has 0 radical (unpaired) electrons. The van der Waals surface area contributed by atoms with Crippen molar-refractivity contribution < 1.29 is 19.1 Å². The lowest BCUT2D eigenvalue weighted by Crippen LogP contribution is -2.31. The third-order valence-electron chi connectivity index (χ3n) is 4.63. The second-order valence-corrected chi connectivity index (χ2v) is 7.03. The highest BCUT2D eigenvalue weighted by molar-refractivity contribution is 5.97. The molecule has 0 spiro atoms. The van der Waals surface area contributed by atoms with Crippen LogP contribution < -0.4 is 15.4 Å². The minimum absolute atomic E-state index is 0.0917. The van der Waals surface area contributed by atoms with Crippen LogP contribution in [0, 0.1) is 13.8 Å². The predicted molar refractivity (Wildman–Crippen MR) is 108 cm³/mol. The molecular weight excluding hydrogens is 356 g/mol. The van der Waals surface area contributed by atoms with Crippen molar-refractivity contribution in [2.45, 2.75) is 32.8 Å². The summed E-state index contributed by atoms with van der Waals surface area (Å²) in [6.07, 6.45) is 2.09. The van der Waals surface area contributed by atoms with Gasteiger partial charge >= 0.3 is 0 Å². The van der Waals surface area contributed by atoms with Gasteiger partial charge in [-0.05, 0) is 62.1 Å². The molecule has 0 aromatic heterocycles. The minimum atomic E-state index is -0.280. The molecule has 2 N–H and O–H groups in total. The molecule has 1 aliphatic heterocycles. The van der Waals surface area contributed by atoms with Crippen LogP contribution in [0.25, 0.3) is 0 Å². The first-order valence-electron chi connectivity index (χ1n) is 9.51. The molecule has 1 aliphatic rings. The zero-order chi connectivity index (χ0) is 19.9. The minimum Gasteiger partial charge on any atom is -0.483 e. The second-order valence-electron chi connectivity index (χ2n) is 7.03. The Morgan fingerprint density at radius 1 is 1.18 bits per heavy atom. The molecule has 1 unspecified atom stereocenters. The van der Waals surface area contributed by atoms with E-state index in [-0.39, 0.29) is 24.5 Å². The second kappa shape index (κ2) is 9.37. The highest BCUT2D eigenvalue weighted by Gasteiger charge is 2.17. The summed E-state index contributed by atoms with van der Waals surface area (Å²) >= 11 is 0. The molecule has 0 saturated carbocycles. The van der Waals surface area contributed by atoms with E-state index in [4.69, 9.17) is 9.47 Å². The molecule has 2 aromatic carbocycles. The molecule has 6 nitrogen and oxygen atoms in total. The zero-order valence-corrected chi connectivity index (χ0v) is 16.3. The molecule has 2 aromatic rings. The van der Waals surface area contributed by atoms with Crippen LogP contribution in [0.2, 0.25) is 0 Å². The van der Waals surface area contributed by atoms with Gasteiger partial charge in [0.25, 0.3) is 11.8 Å². The topological polar surface area (TPSA) is 76.7 Å². The fourth-order valence-corrected chi connectivity index (χ4v) is 3.06. The Labute approximate surface area is 165 Å². The van der Waals surface area contributed by atoms with Crippen LogP contribution in [0.3, 0.4) is 0 Å². The number of benzene rings is 2.